The van der Waals surface area contributed by atoms with Gasteiger partial charge in [-0.25, -0.2) is 0 Å². The van der Waals surface area contributed by atoms with Crippen LogP contribution in [0.3, 0.4) is 0 Å². The van der Waals surface area contributed by atoms with Crippen LogP contribution in [0.15, 0.2) is 0 Å². The molecule has 0 heterocycles. The zero-order chi connectivity index (χ0) is 7.82. The number of hydrogen-bond donors (Lipinski definition) is 3. The van der Waals surface area contributed by atoms with Gasteiger partial charge in [-0.05, 0) is 32.9 Å². The summed E-state index contributed by atoms with van der Waals surface area (Å²) in [5, 5.41) is 11.5. The van der Waals surface area contributed by atoms with Gasteiger partial charge >= 0.3 is 0 Å². The van der Waals surface area contributed by atoms with Crippen LogP contribution in [-0.2, 0) is 0 Å². The summed E-state index contributed by atoms with van der Waals surface area (Å²) in [5.41, 5.74) is 5.64. The van der Waals surface area contributed by atoms with Crippen LogP contribution in [-0.4, -0.2) is 31.3 Å². The van der Waals surface area contributed by atoms with Gasteiger partial charge in [0, 0.05) is 12.6 Å². The maximum absolute atomic E-state index is 8.50. The van der Waals surface area contributed by atoms with E-state index >= 15 is 0 Å². The lowest BCUT2D eigenvalue weighted by molar-refractivity contribution is 0.272. The standard InChI is InChI=1S/C7H18N2O/c1-9-5-2-3-7(8)4-6-10/h7,9-10H,2-6,8H2,1H3/t7-/m0/s1. The van der Waals surface area contributed by atoms with E-state index in [4.69, 9.17) is 10.8 Å². The summed E-state index contributed by atoms with van der Waals surface area (Å²) in [4.78, 5) is 0. The molecule has 0 aromatic heterocycles. The smallest absolute Gasteiger partial charge is 0.0445 e. The first-order valence-electron chi connectivity index (χ1n) is 3.82. The summed E-state index contributed by atoms with van der Waals surface area (Å²) in [6.07, 6.45) is 2.82. The number of nitrogens with two attached hydrogens (primary N) is 1. The molecule has 0 unspecified atom stereocenters. The quantitative estimate of drug-likeness (QED) is 0.451. The molecular formula is C7H18N2O. The third-order valence-corrected chi connectivity index (χ3v) is 1.50. The first kappa shape index (κ1) is 9.88. The fourth-order valence-electron chi connectivity index (χ4n) is 0.851. The van der Waals surface area contributed by atoms with Gasteiger partial charge in [0.05, 0.1) is 0 Å². The van der Waals surface area contributed by atoms with Crippen molar-refractivity contribution >= 4 is 0 Å². The second-order valence-corrected chi connectivity index (χ2v) is 2.52. The molecule has 0 saturated carbocycles. The summed E-state index contributed by atoms with van der Waals surface area (Å²) in [6, 6.07) is 0.179. The van der Waals surface area contributed by atoms with Gasteiger partial charge in [0.15, 0.2) is 0 Å². The van der Waals surface area contributed by atoms with Gasteiger partial charge < -0.3 is 16.2 Å². The fourth-order valence-corrected chi connectivity index (χ4v) is 0.851. The lowest BCUT2D eigenvalue weighted by Gasteiger charge is -2.08. The number of nitrogens with one attached hydrogen (secondary N) is 1. The molecular weight excluding hydrogens is 128 g/mol. The minimum atomic E-state index is 0.179. The summed E-state index contributed by atoms with van der Waals surface area (Å²) in [5.74, 6) is 0. The van der Waals surface area contributed by atoms with Crippen molar-refractivity contribution in [1.29, 1.82) is 0 Å². The number of aliphatic hydroxyl groups is 1. The van der Waals surface area contributed by atoms with Gasteiger partial charge in [0.1, 0.15) is 0 Å². The highest BCUT2D eigenvalue weighted by Crippen LogP contribution is 1.96. The molecule has 0 aromatic carbocycles. The average molecular weight is 146 g/mol. The Morgan fingerprint density at radius 3 is 2.70 bits per heavy atom. The van der Waals surface area contributed by atoms with Crippen molar-refractivity contribution in [1.82, 2.24) is 5.32 Å². The monoisotopic (exact) mass is 146 g/mol. The second-order valence-electron chi connectivity index (χ2n) is 2.52. The van der Waals surface area contributed by atoms with Crippen LogP contribution in [0.1, 0.15) is 19.3 Å². The van der Waals surface area contributed by atoms with E-state index in [0.717, 1.165) is 25.8 Å². The van der Waals surface area contributed by atoms with Crippen molar-refractivity contribution in [2.24, 2.45) is 5.73 Å². The predicted octanol–water partition coefficient (Wildman–Crippen LogP) is -0.304. The zero-order valence-corrected chi connectivity index (χ0v) is 6.64. The van der Waals surface area contributed by atoms with Crippen LogP contribution < -0.4 is 11.1 Å². The molecule has 0 aromatic rings. The topological polar surface area (TPSA) is 58.3 Å². The molecule has 4 N–H and O–H groups in total. The maximum atomic E-state index is 8.50. The molecule has 0 bridgehead atoms. The first-order valence-corrected chi connectivity index (χ1v) is 3.82. The fraction of sp³-hybridized carbons (Fsp3) is 1.00. The highest BCUT2D eigenvalue weighted by atomic mass is 16.3. The van der Waals surface area contributed by atoms with Crippen molar-refractivity contribution in [2.75, 3.05) is 20.2 Å². The van der Waals surface area contributed by atoms with Gasteiger partial charge in [-0.3, -0.25) is 0 Å². The van der Waals surface area contributed by atoms with E-state index in [0.29, 0.717) is 0 Å². The molecule has 3 nitrogen and oxygen atoms in total. The molecule has 62 valence electrons. The van der Waals surface area contributed by atoms with E-state index in [-0.39, 0.29) is 12.6 Å². The maximum Gasteiger partial charge on any atom is 0.0445 e. The van der Waals surface area contributed by atoms with Crippen LogP contribution in [0.2, 0.25) is 0 Å². The minimum absolute atomic E-state index is 0.179. The largest absolute Gasteiger partial charge is 0.396 e. The summed E-state index contributed by atoms with van der Waals surface area (Å²) >= 11 is 0. The molecule has 0 fully saturated rings. The van der Waals surface area contributed by atoms with Crippen LogP contribution in [0.5, 0.6) is 0 Å². The molecule has 0 aliphatic heterocycles. The molecule has 0 saturated heterocycles. The first-order chi connectivity index (χ1) is 4.81. The Labute approximate surface area is 62.6 Å². The van der Waals surface area contributed by atoms with Crippen LogP contribution in [0, 0.1) is 0 Å². The average Bonchev–Trinajstić information content (AvgIpc) is 1.89. The number of rotatable bonds is 6. The third-order valence-electron chi connectivity index (χ3n) is 1.50. The van der Waals surface area contributed by atoms with E-state index in [1.165, 1.54) is 0 Å². The van der Waals surface area contributed by atoms with Crippen molar-refractivity contribution < 1.29 is 5.11 Å². The van der Waals surface area contributed by atoms with E-state index < -0.39 is 0 Å². The summed E-state index contributed by atoms with van der Waals surface area (Å²) in [6.45, 7) is 1.22. The van der Waals surface area contributed by atoms with Crippen molar-refractivity contribution in [3.8, 4) is 0 Å². The highest BCUT2D eigenvalue weighted by Gasteiger charge is 1.99. The normalized spacial score (nSPS) is 13.5. The van der Waals surface area contributed by atoms with Gasteiger partial charge in [0.25, 0.3) is 0 Å². The van der Waals surface area contributed by atoms with Gasteiger partial charge in [-0.15, -0.1) is 0 Å². The summed E-state index contributed by atoms with van der Waals surface area (Å²) in [7, 11) is 1.93. The highest BCUT2D eigenvalue weighted by molar-refractivity contribution is 4.60. The Hall–Kier alpha value is -0.120. The molecule has 0 aliphatic rings. The van der Waals surface area contributed by atoms with Crippen LogP contribution >= 0.6 is 0 Å². The molecule has 10 heavy (non-hydrogen) atoms. The predicted molar refractivity (Wildman–Crippen MR) is 42.8 cm³/mol. The van der Waals surface area contributed by atoms with Crippen molar-refractivity contribution in [3.05, 3.63) is 0 Å². The molecule has 0 radical (unpaired) electrons. The molecule has 0 rings (SSSR count). The Balaban J connectivity index is 2.97. The van der Waals surface area contributed by atoms with E-state index in [9.17, 15) is 0 Å². The number of aliphatic hydroxyl groups excluding tert-OH is 1. The summed E-state index contributed by atoms with van der Waals surface area (Å²) < 4.78 is 0. The Morgan fingerprint density at radius 1 is 1.50 bits per heavy atom. The van der Waals surface area contributed by atoms with Crippen LogP contribution in [0.25, 0.3) is 0 Å². The molecule has 3 heteroatoms. The minimum Gasteiger partial charge on any atom is -0.396 e. The second kappa shape index (κ2) is 6.99. The Morgan fingerprint density at radius 2 is 2.20 bits per heavy atom. The molecule has 0 spiro atoms. The lowest BCUT2D eigenvalue weighted by atomic mass is 10.1. The Kier molecular flexibility index (Phi) is 6.91. The van der Waals surface area contributed by atoms with Gasteiger partial charge in [0.2, 0.25) is 0 Å². The van der Waals surface area contributed by atoms with Gasteiger partial charge in [-0.1, -0.05) is 0 Å². The third kappa shape index (κ3) is 6.01. The molecule has 0 aliphatic carbocycles. The van der Waals surface area contributed by atoms with Gasteiger partial charge in [-0.2, -0.15) is 0 Å². The molecule has 1 atom stereocenters. The zero-order valence-electron chi connectivity index (χ0n) is 6.64. The number of hydrogen-bond acceptors (Lipinski definition) is 3. The SMILES string of the molecule is CNCCC[C@H](N)CCO. The van der Waals surface area contributed by atoms with Crippen LogP contribution in [0.4, 0.5) is 0 Å². The molecule has 0 amide bonds. The van der Waals surface area contributed by atoms with E-state index in [2.05, 4.69) is 5.32 Å². The van der Waals surface area contributed by atoms with Crippen molar-refractivity contribution in [2.45, 2.75) is 25.3 Å². The van der Waals surface area contributed by atoms with E-state index in [1.807, 2.05) is 7.05 Å². The van der Waals surface area contributed by atoms with Crippen molar-refractivity contribution in [3.63, 3.8) is 0 Å². The van der Waals surface area contributed by atoms with E-state index in [1.54, 1.807) is 0 Å². The lowest BCUT2D eigenvalue weighted by Crippen LogP contribution is -2.22. The Bertz CT molecular complexity index is 68.6.